The Hall–Kier alpha value is -1.47. The highest BCUT2D eigenvalue weighted by Crippen LogP contribution is 2.29. The second-order valence-electron chi connectivity index (χ2n) is 5.02. The molecule has 0 aliphatic rings. The summed E-state index contributed by atoms with van der Waals surface area (Å²) in [7, 11) is 0. The summed E-state index contributed by atoms with van der Waals surface area (Å²) in [5.41, 5.74) is 0.322. The lowest BCUT2D eigenvalue weighted by Crippen LogP contribution is -2.31. The first-order valence-electron chi connectivity index (χ1n) is 7.26. The lowest BCUT2D eigenvalue weighted by Gasteiger charge is -2.18. The summed E-state index contributed by atoms with van der Waals surface area (Å²) in [6, 6.07) is 5.68. The number of rotatable bonds is 7. The minimum Gasteiger partial charge on any atom is -0.314 e. The maximum atomic E-state index is 12.5. The van der Waals surface area contributed by atoms with Crippen molar-refractivity contribution in [1.29, 1.82) is 0 Å². The summed E-state index contributed by atoms with van der Waals surface area (Å²) >= 11 is 0. The molecule has 0 fully saturated rings. The minimum absolute atomic E-state index is 0.252. The van der Waals surface area contributed by atoms with Gasteiger partial charge in [0.15, 0.2) is 0 Å². The van der Waals surface area contributed by atoms with E-state index in [2.05, 4.69) is 24.1 Å². The lowest BCUT2D eigenvalue weighted by atomic mass is 10.0. The molecule has 1 N–H and O–H groups in total. The summed E-state index contributed by atoms with van der Waals surface area (Å²) in [5, 5.41) is 3.43. The molecule has 1 rings (SSSR count). The Kier molecular flexibility index (Phi) is 7.31. The smallest absolute Gasteiger partial charge is 0.314 e. The fourth-order valence-corrected chi connectivity index (χ4v) is 2.11. The largest absolute Gasteiger partial charge is 0.416 e. The fourth-order valence-electron chi connectivity index (χ4n) is 2.11. The van der Waals surface area contributed by atoms with Crippen molar-refractivity contribution in [3.63, 3.8) is 0 Å². The van der Waals surface area contributed by atoms with Crippen molar-refractivity contribution < 1.29 is 13.2 Å². The molecule has 0 saturated carbocycles. The summed E-state index contributed by atoms with van der Waals surface area (Å²) in [4.78, 5) is 0. The Balaban J connectivity index is 2.65. The number of benzene rings is 1. The van der Waals surface area contributed by atoms with E-state index in [1.807, 2.05) is 6.92 Å². The van der Waals surface area contributed by atoms with Crippen LogP contribution in [-0.4, -0.2) is 12.6 Å². The SMILES string of the molecule is CC#CCCC(Cc1ccc(C(F)(F)F)cc1)NCCC. The molecule has 1 nitrogen and oxygen atoms in total. The second-order valence-corrected chi connectivity index (χ2v) is 5.02. The van der Waals surface area contributed by atoms with Crippen LogP contribution in [0.15, 0.2) is 24.3 Å². The highest BCUT2D eigenvalue weighted by atomic mass is 19.4. The van der Waals surface area contributed by atoms with E-state index in [4.69, 9.17) is 0 Å². The van der Waals surface area contributed by atoms with Crippen LogP contribution in [0.4, 0.5) is 13.2 Å². The van der Waals surface area contributed by atoms with Crippen LogP contribution in [0, 0.1) is 11.8 Å². The third-order valence-electron chi connectivity index (χ3n) is 3.24. The highest BCUT2D eigenvalue weighted by molar-refractivity contribution is 5.25. The summed E-state index contributed by atoms with van der Waals surface area (Å²) < 4.78 is 37.6. The van der Waals surface area contributed by atoms with Crippen molar-refractivity contribution in [3.8, 4) is 11.8 Å². The third-order valence-corrected chi connectivity index (χ3v) is 3.24. The molecule has 0 aromatic heterocycles. The Morgan fingerprint density at radius 1 is 1.19 bits per heavy atom. The summed E-state index contributed by atoms with van der Waals surface area (Å²) in [5.74, 6) is 5.90. The van der Waals surface area contributed by atoms with E-state index < -0.39 is 11.7 Å². The van der Waals surface area contributed by atoms with E-state index in [1.54, 1.807) is 12.1 Å². The molecule has 4 heteroatoms. The van der Waals surface area contributed by atoms with Gasteiger partial charge in [0.1, 0.15) is 0 Å². The van der Waals surface area contributed by atoms with E-state index in [1.165, 1.54) is 0 Å². The normalized spacial score (nSPS) is 12.6. The topological polar surface area (TPSA) is 12.0 Å². The number of hydrogen-bond acceptors (Lipinski definition) is 1. The number of nitrogens with one attached hydrogen (secondary N) is 1. The summed E-state index contributed by atoms with van der Waals surface area (Å²) in [6.45, 7) is 4.81. The number of alkyl halides is 3. The van der Waals surface area contributed by atoms with Crippen LogP contribution in [0.25, 0.3) is 0 Å². The number of halogens is 3. The molecule has 0 radical (unpaired) electrons. The zero-order chi connectivity index (χ0) is 15.7. The molecule has 1 atom stereocenters. The molecule has 0 saturated heterocycles. The number of hydrogen-bond donors (Lipinski definition) is 1. The maximum absolute atomic E-state index is 12.5. The van der Waals surface area contributed by atoms with E-state index in [9.17, 15) is 13.2 Å². The summed E-state index contributed by atoms with van der Waals surface area (Å²) in [6.07, 6.45) is -0.804. The van der Waals surface area contributed by atoms with Crippen molar-refractivity contribution in [3.05, 3.63) is 35.4 Å². The monoisotopic (exact) mass is 297 g/mol. The zero-order valence-electron chi connectivity index (χ0n) is 12.6. The first-order chi connectivity index (χ1) is 9.97. The molecule has 0 aliphatic carbocycles. The third kappa shape index (κ3) is 6.68. The molecule has 0 amide bonds. The molecule has 116 valence electrons. The Morgan fingerprint density at radius 2 is 1.86 bits per heavy atom. The molecule has 21 heavy (non-hydrogen) atoms. The van der Waals surface area contributed by atoms with Crippen molar-refractivity contribution >= 4 is 0 Å². The van der Waals surface area contributed by atoms with Crippen LogP contribution >= 0.6 is 0 Å². The van der Waals surface area contributed by atoms with Gasteiger partial charge in [-0.15, -0.1) is 11.8 Å². The molecule has 0 spiro atoms. The van der Waals surface area contributed by atoms with Crippen LogP contribution in [0.5, 0.6) is 0 Å². The van der Waals surface area contributed by atoms with Gasteiger partial charge in [0.2, 0.25) is 0 Å². The molecule has 1 aromatic carbocycles. The van der Waals surface area contributed by atoms with E-state index in [0.717, 1.165) is 49.9 Å². The Labute approximate surface area is 124 Å². The van der Waals surface area contributed by atoms with Crippen LogP contribution in [0.2, 0.25) is 0 Å². The first kappa shape index (κ1) is 17.6. The second kappa shape index (κ2) is 8.74. The van der Waals surface area contributed by atoms with E-state index >= 15 is 0 Å². The van der Waals surface area contributed by atoms with Gasteiger partial charge in [-0.3, -0.25) is 0 Å². The predicted molar refractivity (Wildman–Crippen MR) is 79.9 cm³/mol. The van der Waals surface area contributed by atoms with Gasteiger partial charge in [0.25, 0.3) is 0 Å². The molecule has 1 unspecified atom stereocenters. The van der Waals surface area contributed by atoms with E-state index in [-0.39, 0.29) is 6.04 Å². The van der Waals surface area contributed by atoms with Gasteiger partial charge in [0.05, 0.1) is 5.56 Å². The van der Waals surface area contributed by atoms with Crippen LogP contribution < -0.4 is 5.32 Å². The van der Waals surface area contributed by atoms with Gasteiger partial charge in [0, 0.05) is 12.5 Å². The van der Waals surface area contributed by atoms with Gasteiger partial charge in [-0.1, -0.05) is 19.1 Å². The molecular formula is C17H22F3N. The van der Waals surface area contributed by atoms with Crippen molar-refractivity contribution in [2.75, 3.05) is 6.54 Å². The van der Waals surface area contributed by atoms with Gasteiger partial charge >= 0.3 is 6.18 Å². The fraction of sp³-hybridized carbons (Fsp3) is 0.529. The van der Waals surface area contributed by atoms with Crippen LogP contribution in [0.1, 0.15) is 44.2 Å². The van der Waals surface area contributed by atoms with Gasteiger partial charge in [-0.2, -0.15) is 13.2 Å². The van der Waals surface area contributed by atoms with E-state index in [0.29, 0.717) is 0 Å². The first-order valence-corrected chi connectivity index (χ1v) is 7.26. The molecule has 1 aromatic rings. The van der Waals surface area contributed by atoms with Crippen LogP contribution in [-0.2, 0) is 12.6 Å². The Bertz CT molecular complexity index is 466. The highest BCUT2D eigenvalue weighted by Gasteiger charge is 2.29. The van der Waals surface area contributed by atoms with Gasteiger partial charge < -0.3 is 5.32 Å². The molecule has 0 heterocycles. The van der Waals surface area contributed by atoms with Crippen molar-refractivity contribution in [1.82, 2.24) is 5.32 Å². The minimum atomic E-state index is -4.27. The average molecular weight is 297 g/mol. The van der Waals surface area contributed by atoms with Crippen molar-refractivity contribution in [2.24, 2.45) is 0 Å². The van der Waals surface area contributed by atoms with Crippen molar-refractivity contribution in [2.45, 2.75) is 51.7 Å². The molecular weight excluding hydrogens is 275 g/mol. The standard InChI is InChI=1S/C17H22F3N/c1-3-5-6-7-16(21-12-4-2)13-14-8-10-15(11-9-14)17(18,19)20/h8-11,16,21H,4,6-7,12-13H2,1-2H3. The maximum Gasteiger partial charge on any atom is 0.416 e. The van der Waals surface area contributed by atoms with Gasteiger partial charge in [-0.25, -0.2) is 0 Å². The Morgan fingerprint density at radius 3 is 2.38 bits per heavy atom. The molecule has 0 bridgehead atoms. The lowest BCUT2D eigenvalue weighted by molar-refractivity contribution is -0.137. The van der Waals surface area contributed by atoms with Crippen LogP contribution in [0.3, 0.4) is 0 Å². The van der Waals surface area contributed by atoms with Gasteiger partial charge in [-0.05, 0) is 50.4 Å². The zero-order valence-corrected chi connectivity index (χ0v) is 12.6. The average Bonchev–Trinajstić information content (AvgIpc) is 2.44. The molecule has 0 aliphatic heterocycles. The predicted octanol–water partition coefficient (Wildman–Crippen LogP) is 4.42. The quantitative estimate of drug-likeness (QED) is 0.735.